The van der Waals surface area contributed by atoms with Gasteiger partial charge in [0.1, 0.15) is 72.1 Å². The van der Waals surface area contributed by atoms with Crippen LogP contribution in [0.5, 0.6) is 0 Å². The van der Waals surface area contributed by atoms with Crippen LogP contribution in [0.1, 0.15) is 230 Å². The molecule has 0 bridgehead atoms. The summed E-state index contributed by atoms with van der Waals surface area (Å²) < 4.78 is 280. The fourth-order valence-electron chi connectivity index (χ4n) is 17.0. The van der Waals surface area contributed by atoms with Crippen molar-refractivity contribution in [2.45, 2.75) is 298 Å². The fraction of sp³-hybridized carbons (Fsp3) is 0.583. The number of aliphatic hydroxyl groups excluding tert-OH is 10. The molecule has 4 aromatic carbocycles. The summed E-state index contributed by atoms with van der Waals surface area (Å²) in [4.78, 5) is 35.3. The molecule has 12 aromatic rings. The van der Waals surface area contributed by atoms with Crippen molar-refractivity contribution in [3.05, 3.63) is 141 Å². The van der Waals surface area contributed by atoms with Gasteiger partial charge in [-0.2, -0.15) is 0 Å². The summed E-state index contributed by atoms with van der Waals surface area (Å²) in [5.74, 6) is -8.11. The van der Waals surface area contributed by atoms with E-state index in [4.69, 9.17) is 57.0 Å². The molecular formula is C96H124F4N24O16S4. The predicted molar refractivity (Wildman–Crippen MR) is 530 cm³/mol. The van der Waals surface area contributed by atoms with Crippen molar-refractivity contribution in [3.63, 3.8) is 0 Å². The molecule has 8 aliphatic rings. The van der Waals surface area contributed by atoms with Crippen LogP contribution in [0.3, 0.4) is 0 Å². The number of halogens is 4. The molecule has 144 heavy (non-hydrogen) atoms. The van der Waals surface area contributed by atoms with Gasteiger partial charge in [-0.15, -0.1) is 20.4 Å². The molecular weight excluding hydrogens is 1950 g/mol. The molecule has 0 unspecified atom stereocenters. The van der Waals surface area contributed by atoms with Gasteiger partial charge >= 0.3 is 0 Å². The zero-order chi connectivity index (χ0) is 123. The molecule has 48 heteroatoms. The van der Waals surface area contributed by atoms with Crippen LogP contribution < -0.4 is 21.3 Å². The number of nitrogens with zero attached hydrogens (tertiary/aromatic N) is 20. The van der Waals surface area contributed by atoms with Gasteiger partial charge in [-0.1, -0.05) is 144 Å². The zero-order valence-corrected chi connectivity index (χ0v) is 81.8. The van der Waals surface area contributed by atoms with Crippen LogP contribution in [0.25, 0.3) is 44.7 Å². The maximum Gasteiger partial charge on any atom is 0.191 e. The molecule has 0 spiro atoms. The van der Waals surface area contributed by atoms with E-state index in [0.717, 1.165) is 40.0 Å². The summed E-state index contributed by atoms with van der Waals surface area (Å²) in [5, 5.41) is 167. The van der Waals surface area contributed by atoms with E-state index in [1.54, 1.807) is 97.9 Å². The van der Waals surface area contributed by atoms with E-state index in [0.29, 0.717) is 50.7 Å². The first-order chi connectivity index (χ1) is 78.0. The number of hydrogen-bond donors (Lipinski definition) is 16. The Morgan fingerprint density at radius 3 is 0.833 bits per heavy atom. The zero-order valence-electron chi connectivity index (χ0n) is 103. The van der Waals surface area contributed by atoms with E-state index < -0.39 is 231 Å². The number of aromatic nitrogens is 20. The third-order valence-electron chi connectivity index (χ3n) is 25.0. The number of hydrogen-bond acceptors (Lipinski definition) is 40. The topological polar surface area (TPSA) is 554 Å². The standard InChI is InChI=1S/4C24H31FN6O4S/c4*1-3-8-36-24-27-22(26-16-10-14(16)13-5-4-12(2)15(25)9-13)19-23(28-24)31(30-29-19)17-11-18(35-7-6-32)21(34)20(17)33/h4*4-5,9,14,16-18,20-21,32-34H,3,6-8,10-11H2,1-2H3,(H,26,27,28)/t4*14-,16+,17+,18-,20-,21+/m0000/s1/i6D2,7D2,8D2,14D,16D;7D2,8D2,14D,16D;6D2,8D2,14D,16D;8D2,14D,16D. The highest BCUT2D eigenvalue weighted by molar-refractivity contribution is 7.99. The molecule has 0 radical (unpaired) electrons. The molecule has 0 aliphatic heterocycles. The second-order valence-electron chi connectivity index (χ2n) is 34.6. The van der Waals surface area contributed by atoms with E-state index in [1.165, 1.54) is 44.4 Å². The third-order valence-corrected chi connectivity index (χ3v) is 28.2. The van der Waals surface area contributed by atoms with E-state index in [9.17, 15) is 73.7 Å². The Hall–Kier alpha value is -9.52. The maximum atomic E-state index is 14.3. The number of thioether (sulfide) groups is 4. The number of aliphatic hydroxyl groups is 12. The van der Waals surface area contributed by atoms with Gasteiger partial charge in [0, 0.05) is 113 Å². The molecule has 0 amide bonds. The van der Waals surface area contributed by atoms with E-state index in [1.807, 2.05) is 0 Å². The monoisotopic (exact) mass is 2100 g/mol. The second kappa shape index (κ2) is 47.3. The summed E-state index contributed by atoms with van der Waals surface area (Å²) in [6.07, 6.45) is -16.1. The number of benzene rings is 4. The first-order valence-corrected chi connectivity index (χ1v) is 49.5. The summed E-state index contributed by atoms with van der Waals surface area (Å²) in [7, 11) is 0. The molecule has 8 fully saturated rings. The quantitative estimate of drug-likeness (QED) is 0.00969. The predicted octanol–water partition coefficient (Wildman–Crippen LogP) is 8.73. The van der Waals surface area contributed by atoms with Crippen LogP contribution in [-0.2, 0) is 18.9 Å². The third kappa shape index (κ3) is 23.8. The molecule has 16 N–H and O–H groups in total. The van der Waals surface area contributed by atoms with E-state index >= 15 is 0 Å². The number of aryl methyl sites for hydroxylation is 4. The minimum absolute atomic E-state index is 0.00771. The van der Waals surface area contributed by atoms with Crippen LogP contribution in [-0.4, -0.2) is 334 Å². The van der Waals surface area contributed by atoms with Crippen molar-refractivity contribution < 1.29 is 131 Å². The van der Waals surface area contributed by atoms with Gasteiger partial charge in [-0.3, -0.25) is 0 Å². The molecule has 8 heterocycles. The number of nitrogens with one attached hydrogen (secondary N) is 4. The van der Waals surface area contributed by atoms with Crippen molar-refractivity contribution in [3.8, 4) is 0 Å². The Bertz CT molecular complexity index is 7770. The molecule has 8 aliphatic carbocycles. The lowest BCUT2D eigenvalue weighted by atomic mass is 10.1. The van der Waals surface area contributed by atoms with Gasteiger partial charge in [0.25, 0.3) is 0 Å². The van der Waals surface area contributed by atoms with Gasteiger partial charge in [0.05, 0.1) is 118 Å². The molecule has 8 aromatic heterocycles. The smallest absolute Gasteiger partial charge is 0.191 e. The van der Waals surface area contributed by atoms with Crippen LogP contribution in [0.2, 0.25) is 0 Å². The van der Waals surface area contributed by atoms with Crippen LogP contribution >= 0.6 is 47.0 Å². The molecule has 40 nitrogen and oxygen atoms in total. The number of rotatable bonds is 40. The molecule has 776 valence electrons. The summed E-state index contributed by atoms with van der Waals surface area (Å²) in [6.45, 7) is -0.728. The minimum Gasteiger partial charge on any atom is -0.394 e. The highest BCUT2D eigenvalue weighted by atomic mass is 32.2. The van der Waals surface area contributed by atoms with Gasteiger partial charge in [0.2, 0.25) is 0 Å². The average molecular weight is 2100 g/mol. The van der Waals surface area contributed by atoms with Gasteiger partial charge in [0.15, 0.2) is 88.6 Å². The number of ether oxygens (including phenoxy) is 4. The summed E-state index contributed by atoms with van der Waals surface area (Å²) >= 11 is 2.89. The minimum atomic E-state index is -3.42. The average Bonchev–Trinajstić information content (AvgIpc) is 1.54. The Kier molecular flexibility index (Phi) is 25.9. The highest BCUT2D eigenvalue weighted by Gasteiger charge is 2.51. The Morgan fingerprint density at radius 2 is 0.597 bits per heavy atom. The highest BCUT2D eigenvalue weighted by Crippen LogP contribution is 2.50. The summed E-state index contributed by atoms with van der Waals surface area (Å²) in [6, 6.07) is 7.02. The van der Waals surface area contributed by atoms with Crippen molar-refractivity contribution in [1.82, 2.24) is 99.8 Å². The van der Waals surface area contributed by atoms with E-state index in [2.05, 4.69) is 102 Å². The molecule has 20 rings (SSSR count). The van der Waals surface area contributed by atoms with Crippen LogP contribution in [0.15, 0.2) is 93.4 Å². The Balaban J connectivity index is 0.000000149. The van der Waals surface area contributed by atoms with Crippen molar-refractivity contribution >= 4 is 115 Å². The lowest BCUT2D eigenvalue weighted by molar-refractivity contribution is -0.0629. The Labute approximate surface area is 877 Å². The lowest BCUT2D eigenvalue weighted by Gasteiger charge is -2.17. The van der Waals surface area contributed by atoms with Gasteiger partial charge in [-0.05, 0) is 148 Å². The number of anilines is 4. The van der Waals surface area contributed by atoms with Gasteiger partial charge < -0.3 is 101 Å². The first-order valence-electron chi connectivity index (χ1n) is 58.2. The maximum absolute atomic E-state index is 14.3. The normalized spacial score (nSPS) is 34.9. The first kappa shape index (κ1) is 78.7. The van der Waals surface area contributed by atoms with Crippen molar-refractivity contribution in [2.24, 2.45) is 0 Å². The second-order valence-corrected chi connectivity index (χ2v) is 38.1. The molecule has 0 saturated heterocycles. The van der Waals surface area contributed by atoms with Crippen LogP contribution in [0.4, 0.5) is 40.8 Å². The van der Waals surface area contributed by atoms with E-state index in [-0.39, 0.29) is 184 Å². The Morgan fingerprint density at radius 1 is 0.340 bits per heavy atom. The van der Waals surface area contributed by atoms with Gasteiger partial charge in [-0.25, -0.2) is 76.2 Å². The number of fused-ring (bicyclic) bond motifs is 4. The molecule has 8 saturated carbocycles. The van der Waals surface area contributed by atoms with Crippen molar-refractivity contribution in [1.29, 1.82) is 0 Å². The SMILES string of the molecule is [2H]C([2H])(CC)Sc1nc(N[C@]2([2H])C[C@@]2([2H])c2ccc(C)c(F)c2)c2nnn([C@@H]3C[C@H](OC([2H])([2H])C([2H])([2H])O)[C@@H](O)[C@H]3O)c2n1.[2H]C([2H])(CC)Sc1nc(N[C@]2([2H])C[C@@]2([2H])c2ccc(C)c(F)c2)c2nnn([C@@H]3C[C@H](OCCO)[C@@H](O)[C@H]3O)c2n1.[2H]C([2H])(CO)O[C@H]1C[C@@H](n2nnc3c(N[C@]4([2H])C[C@@]4([2H])c4ccc(C)c(F)c4)nc(SC([2H])([2H])CC)nc32)[C@H](O)[C@@H]1O.[2H]C([2H])(O)CO[C@H]1C[C@@H](n2nnc3c(N[C@]4([2H])C[C@@]4([2H])c4ccc(C)c(F)c4)nc(SC([2H])([2H])CC)nc32)[C@H](O)[C@@H]1O. The molecule has 24 atom stereocenters. The van der Waals surface area contributed by atoms with Crippen molar-refractivity contribution in [2.75, 3.05) is 96.8 Å². The lowest BCUT2D eigenvalue weighted by Crippen LogP contribution is -2.33. The van der Waals surface area contributed by atoms with Crippen LogP contribution in [0, 0.1) is 51.0 Å². The largest absolute Gasteiger partial charge is 0.394 e. The fourth-order valence-corrected chi connectivity index (χ4v) is 19.2. The summed E-state index contributed by atoms with van der Waals surface area (Å²) in [5.41, 5.74) is -3.81.